The van der Waals surface area contributed by atoms with Gasteiger partial charge in [-0.1, -0.05) is 175 Å². The predicted molar refractivity (Wildman–Crippen MR) is 347 cm³/mol. The van der Waals surface area contributed by atoms with E-state index < -0.39 is 0 Å². The summed E-state index contributed by atoms with van der Waals surface area (Å²) in [6, 6.07) is 0. The van der Waals surface area contributed by atoms with Crippen LogP contribution >= 0.6 is 0 Å². The zero-order chi connectivity index (χ0) is 56.1. The van der Waals surface area contributed by atoms with E-state index in [-0.39, 0.29) is 0 Å². The molecule has 0 heterocycles. The lowest BCUT2D eigenvalue weighted by atomic mass is 10.0. The van der Waals surface area contributed by atoms with Crippen molar-refractivity contribution >= 4 is 0 Å². The van der Waals surface area contributed by atoms with Crippen molar-refractivity contribution in [3.8, 4) is 0 Å². The largest absolute Gasteiger partial charge is 0.0856 e. The standard InChI is InChI=1S/C75H121/c1-18-62(4)34-20-36-64(6)38-22-40-66(8)42-24-44-68(10)46-26-48-70(12)50-28-52-72(14)54-30-56-74(16)58-32-60-75(17)59-31-57-73(15)55-29-53-71(13)51-27-49-69(11)47-25-45-67(9)43-23-41-65(7)39-21-37-63(5)35-19-33-61(2)3/h18,33,36-37,40-41,44-45,48-49,52-53,56-57,60H,1,19-32,34-35,38-39,42-43,46-47,50-51,54-55,58-59H2,2-17H3/b62-18+,63-37+,64-36+,65-41+,66-40+,67-45+,68-44+,69-49+,70-48+,71-53+,72-52+,73-57+,74-56+,75-60+. The van der Waals surface area contributed by atoms with Crippen LogP contribution in [0.1, 0.15) is 291 Å². The molecule has 421 valence electrons. The minimum absolute atomic E-state index is 1.12. The summed E-state index contributed by atoms with van der Waals surface area (Å²) in [5, 5.41) is 0. The predicted octanol–water partition coefficient (Wildman–Crippen LogP) is 26.0. The molecule has 0 aromatic heterocycles. The lowest BCUT2D eigenvalue weighted by Crippen LogP contribution is -1.84. The maximum absolute atomic E-state index is 3.86. The van der Waals surface area contributed by atoms with Gasteiger partial charge in [0.05, 0.1) is 0 Å². The first kappa shape index (κ1) is 71.1. The van der Waals surface area contributed by atoms with Gasteiger partial charge in [0.1, 0.15) is 0 Å². The van der Waals surface area contributed by atoms with Crippen LogP contribution in [0.5, 0.6) is 0 Å². The number of hydrogen-bond acceptors (Lipinski definition) is 0. The van der Waals surface area contributed by atoms with Crippen molar-refractivity contribution in [2.24, 2.45) is 0 Å². The van der Waals surface area contributed by atoms with Gasteiger partial charge in [0.2, 0.25) is 0 Å². The molecule has 0 aromatic carbocycles. The van der Waals surface area contributed by atoms with Gasteiger partial charge in [-0.2, -0.15) is 0 Å². The molecule has 0 amide bonds. The van der Waals surface area contributed by atoms with Crippen molar-refractivity contribution in [3.05, 3.63) is 182 Å². The second-order valence-corrected chi connectivity index (χ2v) is 23.5. The highest BCUT2D eigenvalue weighted by atomic mass is 14.1. The quantitative estimate of drug-likeness (QED) is 0.0535. The minimum Gasteiger partial charge on any atom is -0.0856 e. The molecule has 0 aromatic rings. The number of rotatable bonds is 42. The molecule has 0 aliphatic carbocycles. The number of hydrogen-bond donors (Lipinski definition) is 0. The van der Waals surface area contributed by atoms with Gasteiger partial charge in [-0.05, 0) is 297 Å². The molecule has 0 saturated carbocycles. The van der Waals surface area contributed by atoms with Crippen molar-refractivity contribution in [2.45, 2.75) is 291 Å². The second-order valence-electron chi connectivity index (χ2n) is 23.5. The Hall–Kier alpha value is -3.90. The Morgan fingerprint density at radius 2 is 0.280 bits per heavy atom. The van der Waals surface area contributed by atoms with Crippen molar-refractivity contribution in [2.75, 3.05) is 0 Å². The van der Waals surface area contributed by atoms with E-state index in [2.05, 4.69) is 203 Å². The van der Waals surface area contributed by atoms with Gasteiger partial charge in [-0.15, -0.1) is 0 Å². The number of allylic oxidation sites excluding steroid dienone is 30. The Labute approximate surface area is 469 Å². The first-order valence-electron chi connectivity index (χ1n) is 30.4. The van der Waals surface area contributed by atoms with Crippen LogP contribution in [0.3, 0.4) is 0 Å². The highest BCUT2D eigenvalue weighted by Gasteiger charge is 2.00. The van der Waals surface area contributed by atoms with E-state index in [1.807, 2.05) is 6.08 Å². The van der Waals surface area contributed by atoms with Crippen molar-refractivity contribution < 1.29 is 0 Å². The molecular formula is C75H121. The third-order valence-electron chi connectivity index (χ3n) is 14.8. The zero-order valence-electron chi connectivity index (χ0n) is 52.7. The molecule has 0 aliphatic rings. The monoisotopic (exact) mass is 1020 g/mol. The minimum atomic E-state index is 1.12. The van der Waals surface area contributed by atoms with Crippen molar-refractivity contribution in [1.82, 2.24) is 0 Å². The average Bonchev–Trinajstić information content (AvgIpc) is 3.33. The van der Waals surface area contributed by atoms with Crippen LogP contribution < -0.4 is 0 Å². The first-order chi connectivity index (χ1) is 35.8. The van der Waals surface area contributed by atoms with E-state index in [0.717, 1.165) is 83.5 Å². The summed E-state index contributed by atoms with van der Waals surface area (Å²) in [7, 11) is 0. The van der Waals surface area contributed by atoms with E-state index in [0.29, 0.717) is 0 Å². The highest BCUT2D eigenvalue weighted by molar-refractivity contribution is 5.13. The molecule has 0 nitrogen and oxygen atoms in total. The summed E-state index contributed by atoms with van der Waals surface area (Å²) in [4.78, 5) is 0. The normalized spacial score (nSPS) is 15.2. The van der Waals surface area contributed by atoms with E-state index in [1.165, 1.54) is 180 Å². The van der Waals surface area contributed by atoms with E-state index in [4.69, 9.17) is 0 Å². The van der Waals surface area contributed by atoms with Crippen LogP contribution in [-0.2, 0) is 0 Å². The maximum atomic E-state index is 3.86. The molecule has 0 atom stereocenters. The molecule has 0 N–H and O–H groups in total. The van der Waals surface area contributed by atoms with Gasteiger partial charge in [0.25, 0.3) is 0 Å². The Bertz CT molecular complexity index is 2040. The van der Waals surface area contributed by atoms with Crippen LogP contribution in [0.2, 0.25) is 0 Å². The van der Waals surface area contributed by atoms with Crippen molar-refractivity contribution in [1.29, 1.82) is 0 Å². The molecular weight excluding hydrogens is 901 g/mol. The summed E-state index contributed by atoms with van der Waals surface area (Å²) in [5.74, 6) is 0. The third-order valence-corrected chi connectivity index (χ3v) is 14.8. The fourth-order valence-corrected chi connectivity index (χ4v) is 9.12. The molecule has 0 heteroatoms. The molecule has 0 fully saturated rings. The van der Waals surface area contributed by atoms with Crippen LogP contribution in [0.15, 0.2) is 175 Å². The summed E-state index contributed by atoms with van der Waals surface area (Å²) < 4.78 is 0. The smallest absolute Gasteiger partial charge is 0.0288 e. The fourth-order valence-electron chi connectivity index (χ4n) is 9.12. The SMILES string of the molecule is [CH2]/C=C(\C)CC/C=C(\C)CC/C=C(\C)CC/C=C(\C)CC/C=C(\C)CC/C=C(\C)CC/C=C(\C)CC/C=C(\C)CC/C=C(\C)CC/C=C(\C)CC/C=C(\C)CC/C=C(\C)CC/C=C(\C)CC/C=C(\C)CCC=C(C)C. The Morgan fingerprint density at radius 1 is 0.173 bits per heavy atom. The van der Waals surface area contributed by atoms with E-state index in [1.54, 1.807) is 0 Å². The van der Waals surface area contributed by atoms with Crippen LogP contribution in [-0.4, -0.2) is 0 Å². The third kappa shape index (κ3) is 48.2. The van der Waals surface area contributed by atoms with Crippen LogP contribution in [0.4, 0.5) is 0 Å². The first-order valence-corrected chi connectivity index (χ1v) is 30.4. The molecule has 0 rings (SSSR count). The van der Waals surface area contributed by atoms with Crippen molar-refractivity contribution in [3.63, 3.8) is 0 Å². The lowest BCUT2D eigenvalue weighted by molar-refractivity contribution is 0.877. The van der Waals surface area contributed by atoms with Gasteiger partial charge in [-0.25, -0.2) is 0 Å². The van der Waals surface area contributed by atoms with Gasteiger partial charge in [0, 0.05) is 0 Å². The van der Waals surface area contributed by atoms with Gasteiger partial charge in [0.15, 0.2) is 0 Å². The molecule has 0 bridgehead atoms. The van der Waals surface area contributed by atoms with E-state index in [9.17, 15) is 0 Å². The molecule has 0 spiro atoms. The van der Waals surface area contributed by atoms with Gasteiger partial charge >= 0.3 is 0 Å². The Morgan fingerprint density at radius 3 is 0.387 bits per heavy atom. The topological polar surface area (TPSA) is 0 Å². The van der Waals surface area contributed by atoms with Gasteiger partial charge < -0.3 is 0 Å². The molecule has 0 aliphatic heterocycles. The highest BCUT2D eigenvalue weighted by Crippen LogP contribution is 2.20. The van der Waals surface area contributed by atoms with E-state index >= 15 is 0 Å². The Balaban J connectivity index is 4.31. The average molecular weight is 1020 g/mol. The lowest BCUT2D eigenvalue weighted by Gasteiger charge is -2.04. The van der Waals surface area contributed by atoms with Crippen LogP contribution in [0, 0.1) is 6.92 Å². The second kappa shape index (κ2) is 47.3. The molecule has 1 radical (unpaired) electrons. The maximum Gasteiger partial charge on any atom is -0.0288 e. The summed E-state index contributed by atoms with van der Waals surface area (Å²) >= 11 is 0. The summed E-state index contributed by atoms with van der Waals surface area (Å²) in [6.45, 7) is 40.4. The Kier molecular flexibility index (Phi) is 44.9. The van der Waals surface area contributed by atoms with Gasteiger partial charge in [-0.3, -0.25) is 0 Å². The molecule has 0 saturated heterocycles. The zero-order valence-corrected chi connectivity index (χ0v) is 52.7. The summed E-state index contributed by atoms with van der Waals surface area (Å²) in [5.41, 5.74) is 22.7. The molecule has 75 heavy (non-hydrogen) atoms. The molecule has 0 unspecified atom stereocenters. The fraction of sp³-hybridized carbons (Fsp3) is 0.587. The summed E-state index contributed by atoms with van der Waals surface area (Å²) in [6.07, 6.45) is 68.9. The van der Waals surface area contributed by atoms with Crippen LogP contribution in [0.25, 0.3) is 0 Å².